The van der Waals surface area contributed by atoms with E-state index >= 15 is 0 Å². The summed E-state index contributed by atoms with van der Waals surface area (Å²) in [6, 6.07) is -0.367. The summed E-state index contributed by atoms with van der Waals surface area (Å²) in [5.41, 5.74) is 5.35. The molecule has 0 aliphatic rings. The summed E-state index contributed by atoms with van der Waals surface area (Å²) in [6.07, 6.45) is 0.670. The lowest BCUT2D eigenvalue weighted by Crippen LogP contribution is -2.38. The molecule has 0 saturated heterocycles. The van der Waals surface area contributed by atoms with Gasteiger partial charge in [0.25, 0.3) is 0 Å². The lowest BCUT2D eigenvalue weighted by molar-refractivity contribution is 0.200. The third kappa shape index (κ3) is 2.81. The van der Waals surface area contributed by atoms with E-state index in [9.17, 15) is 0 Å². The van der Waals surface area contributed by atoms with Crippen molar-refractivity contribution in [2.45, 2.75) is 23.7 Å². The highest BCUT2D eigenvalue weighted by Gasteiger charge is 2.22. The first-order valence-electron chi connectivity index (χ1n) is 2.41. The third-order valence-corrected chi connectivity index (χ3v) is 1.60. The summed E-state index contributed by atoms with van der Waals surface area (Å²) < 4.78 is -1.32. The molecule has 0 rings (SSSR count). The molecule has 0 aliphatic heterocycles. The normalized spacial score (nSPS) is 16.1. The van der Waals surface area contributed by atoms with Crippen molar-refractivity contribution in [3.05, 3.63) is 0 Å². The van der Waals surface area contributed by atoms with E-state index < -0.39 is 4.27 Å². The van der Waals surface area contributed by atoms with Crippen LogP contribution in [0.25, 0.3) is 0 Å². The van der Waals surface area contributed by atoms with Crippen LogP contribution in [0.4, 0.5) is 0 Å². The molecule has 0 aliphatic carbocycles. The molecule has 0 aromatic rings. The quantitative estimate of drug-likeness (QED) is 0.339. The molecule has 0 fully saturated rings. The zero-order valence-corrected chi connectivity index (χ0v) is 6.49. The molecule has 50 valence electrons. The molecule has 0 aromatic heterocycles. The maximum Gasteiger partial charge on any atom is 0.167 e. The van der Waals surface area contributed by atoms with E-state index in [0.29, 0.717) is 6.42 Å². The van der Waals surface area contributed by atoms with Crippen LogP contribution < -0.4 is 5.73 Å². The molecule has 1 unspecified atom stereocenters. The lowest BCUT2D eigenvalue weighted by atomic mass is 10.2. The maximum atomic E-state index is 8.89. The van der Waals surface area contributed by atoms with E-state index in [1.165, 1.54) is 0 Å². The molecule has 0 saturated carbocycles. The van der Waals surface area contributed by atoms with Crippen molar-refractivity contribution in [2.75, 3.05) is 0 Å². The van der Waals surface area contributed by atoms with Crippen LogP contribution in [0.3, 0.4) is 0 Å². The standard InChI is InChI=1S/C4H11NOS2/c1-2-3(5)4(6,7)8/h3,6-8H,2,5H2,1H3. The lowest BCUT2D eigenvalue weighted by Gasteiger charge is -2.21. The fourth-order valence-corrected chi connectivity index (χ4v) is 0.639. The number of hydrogen-bond acceptors (Lipinski definition) is 4. The Bertz CT molecular complexity index is 70.9. The van der Waals surface area contributed by atoms with E-state index in [2.05, 4.69) is 25.3 Å². The molecule has 8 heavy (non-hydrogen) atoms. The molecule has 0 aromatic carbocycles. The zero-order chi connectivity index (χ0) is 6.78. The van der Waals surface area contributed by atoms with Gasteiger partial charge in [-0.05, 0) is 6.42 Å². The van der Waals surface area contributed by atoms with Crippen LogP contribution in [0, 0.1) is 0 Å². The molecule has 0 bridgehead atoms. The molecule has 2 nitrogen and oxygen atoms in total. The Morgan fingerprint density at radius 2 is 2.12 bits per heavy atom. The molecular weight excluding hydrogens is 142 g/mol. The summed E-state index contributed by atoms with van der Waals surface area (Å²) in [5, 5.41) is 8.89. The van der Waals surface area contributed by atoms with Gasteiger partial charge in [0.15, 0.2) is 4.27 Å². The van der Waals surface area contributed by atoms with Gasteiger partial charge in [0, 0.05) is 0 Å². The van der Waals surface area contributed by atoms with Gasteiger partial charge in [0.2, 0.25) is 0 Å². The highest BCUT2D eigenvalue weighted by Crippen LogP contribution is 2.19. The largest absolute Gasteiger partial charge is 0.369 e. The van der Waals surface area contributed by atoms with Crippen LogP contribution in [-0.4, -0.2) is 15.4 Å². The number of aliphatic hydroxyl groups is 1. The van der Waals surface area contributed by atoms with Crippen LogP contribution in [0.5, 0.6) is 0 Å². The number of nitrogens with two attached hydrogens (primary N) is 1. The van der Waals surface area contributed by atoms with E-state index in [1.807, 2.05) is 6.92 Å². The van der Waals surface area contributed by atoms with Crippen LogP contribution >= 0.6 is 25.3 Å². The van der Waals surface area contributed by atoms with Crippen molar-refractivity contribution in [1.29, 1.82) is 0 Å². The highest BCUT2D eigenvalue weighted by atomic mass is 32.2. The first-order chi connectivity index (χ1) is 3.48. The summed E-state index contributed by atoms with van der Waals surface area (Å²) in [6.45, 7) is 1.86. The molecule has 3 N–H and O–H groups in total. The van der Waals surface area contributed by atoms with E-state index in [1.54, 1.807) is 0 Å². The fourth-order valence-electron chi connectivity index (χ4n) is 0.274. The third-order valence-electron chi connectivity index (χ3n) is 0.937. The van der Waals surface area contributed by atoms with Crippen molar-refractivity contribution < 1.29 is 5.11 Å². The van der Waals surface area contributed by atoms with Crippen molar-refractivity contribution in [1.82, 2.24) is 0 Å². The minimum absolute atomic E-state index is 0.367. The van der Waals surface area contributed by atoms with Crippen LogP contribution in [0.15, 0.2) is 0 Å². The minimum atomic E-state index is -1.32. The predicted octanol–water partition coefficient (Wildman–Crippen LogP) is 0.229. The second-order valence-electron chi connectivity index (χ2n) is 1.70. The fraction of sp³-hybridized carbons (Fsp3) is 1.00. The van der Waals surface area contributed by atoms with E-state index in [4.69, 9.17) is 10.8 Å². The summed E-state index contributed by atoms with van der Waals surface area (Å²) in [5.74, 6) is 0. The van der Waals surface area contributed by atoms with Crippen LogP contribution in [0.2, 0.25) is 0 Å². The zero-order valence-electron chi connectivity index (χ0n) is 4.70. The van der Waals surface area contributed by atoms with Crippen molar-refractivity contribution >= 4 is 25.3 Å². The number of hydrogen-bond donors (Lipinski definition) is 4. The topological polar surface area (TPSA) is 46.2 Å². The predicted molar refractivity (Wildman–Crippen MR) is 41.2 cm³/mol. The van der Waals surface area contributed by atoms with Crippen molar-refractivity contribution in [2.24, 2.45) is 5.73 Å². The molecular formula is C4H11NOS2. The average molecular weight is 153 g/mol. The summed E-state index contributed by atoms with van der Waals surface area (Å²) in [4.78, 5) is 0. The average Bonchev–Trinajstić information content (AvgIpc) is 1.62. The molecule has 0 amide bonds. The van der Waals surface area contributed by atoms with Crippen LogP contribution in [0.1, 0.15) is 13.3 Å². The number of rotatable bonds is 2. The molecule has 0 spiro atoms. The molecule has 0 radical (unpaired) electrons. The van der Waals surface area contributed by atoms with Gasteiger partial charge >= 0.3 is 0 Å². The second kappa shape index (κ2) is 2.96. The first-order valence-corrected chi connectivity index (χ1v) is 3.30. The Balaban J connectivity index is 3.62. The van der Waals surface area contributed by atoms with E-state index in [-0.39, 0.29) is 6.04 Å². The Morgan fingerprint density at radius 3 is 2.12 bits per heavy atom. The van der Waals surface area contributed by atoms with Crippen molar-refractivity contribution in [3.8, 4) is 0 Å². The molecule has 4 heteroatoms. The number of thiol groups is 2. The second-order valence-corrected chi connectivity index (χ2v) is 3.42. The Morgan fingerprint density at radius 1 is 1.75 bits per heavy atom. The minimum Gasteiger partial charge on any atom is -0.369 e. The van der Waals surface area contributed by atoms with Gasteiger partial charge < -0.3 is 10.8 Å². The maximum absolute atomic E-state index is 8.89. The van der Waals surface area contributed by atoms with Gasteiger partial charge in [-0.15, -0.1) is 25.3 Å². The Hall–Kier alpha value is 0.620. The van der Waals surface area contributed by atoms with Gasteiger partial charge in [-0.25, -0.2) is 0 Å². The smallest absolute Gasteiger partial charge is 0.167 e. The highest BCUT2D eigenvalue weighted by molar-refractivity contribution is 8.00. The van der Waals surface area contributed by atoms with Gasteiger partial charge in [0.05, 0.1) is 6.04 Å². The van der Waals surface area contributed by atoms with Gasteiger partial charge in [-0.2, -0.15) is 0 Å². The van der Waals surface area contributed by atoms with Gasteiger partial charge in [-0.1, -0.05) is 6.92 Å². The van der Waals surface area contributed by atoms with E-state index in [0.717, 1.165) is 0 Å². The van der Waals surface area contributed by atoms with Crippen LogP contribution in [-0.2, 0) is 0 Å². The first kappa shape index (κ1) is 8.62. The van der Waals surface area contributed by atoms with Gasteiger partial charge in [0.1, 0.15) is 0 Å². The Kier molecular flexibility index (Phi) is 3.19. The summed E-state index contributed by atoms with van der Waals surface area (Å²) in [7, 11) is 0. The molecule has 0 heterocycles. The SMILES string of the molecule is CCC(N)C(O)(S)S. The summed E-state index contributed by atoms with van der Waals surface area (Å²) >= 11 is 7.45. The van der Waals surface area contributed by atoms with Crippen molar-refractivity contribution in [3.63, 3.8) is 0 Å². The molecule has 1 atom stereocenters. The Labute approximate surface area is 60.3 Å². The monoisotopic (exact) mass is 153 g/mol. The van der Waals surface area contributed by atoms with Gasteiger partial charge in [-0.3, -0.25) is 0 Å².